The van der Waals surface area contributed by atoms with E-state index in [2.05, 4.69) is 20.9 Å². The van der Waals surface area contributed by atoms with Crippen molar-refractivity contribution in [2.24, 2.45) is 5.92 Å². The van der Waals surface area contributed by atoms with Crippen molar-refractivity contribution >= 4 is 34.2 Å². The number of aryl methyl sites for hydroxylation is 2. The second-order valence-corrected chi connectivity index (χ2v) is 8.11. The monoisotopic (exact) mass is 395 g/mol. The summed E-state index contributed by atoms with van der Waals surface area (Å²) in [5.74, 6) is -0.239. The van der Waals surface area contributed by atoms with Gasteiger partial charge in [0.15, 0.2) is 5.13 Å². The summed E-state index contributed by atoms with van der Waals surface area (Å²) in [5, 5.41) is 9.10. The lowest BCUT2D eigenvalue weighted by molar-refractivity contribution is -0.127. The zero-order valence-corrected chi connectivity index (χ0v) is 17.1. The Balaban J connectivity index is 1.71. The fourth-order valence-electron chi connectivity index (χ4n) is 3.01. The smallest absolute Gasteiger partial charge is 0.240 e. The molecule has 0 aliphatic carbocycles. The van der Waals surface area contributed by atoms with Gasteiger partial charge in [0.1, 0.15) is 0 Å². The number of carbonyl (C=O) groups is 3. The van der Waals surface area contributed by atoms with Gasteiger partial charge in [0.2, 0.25) is 17.7 Å². The molecule has 3 amide bonds. The molecule has 3 N–H and O–H groups in total. The molecule has 1 saturated heterocycles. The van der Waals surface area contributed by atoms with Crippen LogP contribution in [0.5, 0.6) is 0 Å². The van der Waals surface area contributed by atoms with Crippen LogP contribution in [-0.4, -0.2) is 60.3 Å². The first-order chi connectivity index (χ1) is 12.8. The Hall–Kier alpha value is -2.00. The summed E-state index contributed by atoms with van der Waals surface area (Å²) in [6.07, 6.45) is 2.43. The second-order valence-electron chi connectivity index (χ2n) is 6.91. The number of piperidine rings is 1. The van der Waals surface area contributed by atoms with Gasteiger partial charge in [-0.25, -0.2) is 4.98 Å². The van der Waals surface area contributed by atoms with Gasteiger partial charge in [0, 0.05) is 31.4 Å². The van der Waals surface area contributed by atoms with Crippen LogP contribution in [0.3, 0.4) is 0 Å². The maximum absolute atomic E-state index is 12.3. The number of hydrogen-bond donors (Lipinski definition) is 3. The molecule has 1 unspecified atom stereocenters. The number of carbonyl (C=O) groups excluding carboxylic acids is 3. The normalized spacial score (nSPS) is 17.4. The van der Waals surface area contributed by atoms with Gasteiger partial charge in [-0.15, -0.1) is 11.3 Å². The number of hydrogen-bond acceptors (Lipinski definition) is 6. The van der Waals surface area contributed by atoms with Crippen LogP contribution >= 0.6 is 11.3 Å². The van der Waals surface area contributed by atoms with E-state index in [1.165, 1.54) is 18.3 Å². The van der Waals surface area contributed by atoms with Crippen LogP contribution in [0.2, 0.25) is 0 Å². The maximum atomic E-state index is 12.3. The standard InChI is InChI=1S/C18H29N5O3S/c1-12-13(2)27-18(21-12)22-16(25)11-23-9-4-6-15(10-23)17(26)20-8-5-7-19-14(3)24/h15H,4-11H2,1-3H3,(H,19,24)(H,20,26)(H,21,22,25). The summed E-state index contributed by atoms with van der Waals surface area (Å²) in [6.45, 7) is 8.14. The molecule has 1 fully saturated rings. The van der Waals surface area contributed by atoms with E-state index in [0.717, 1.165) is 30.0 Å². The number of rotatable bonds is 8. The first-order valence-corrected chi connectivity index (χ1v) is 10.1. The van der Waals surface area contributed by atoms with E-state index in [4.69, 9.17) is 0 Å². The van der Waals surface area contributed by atoms with E-state index >= 15 is 0 Å². The maximum Gasteiger partial charge on any atom is 0.240 e. The van der Waals surface area contributed by atoms with Crippen molar-refractivity contribution in [1.29, 1.82) is 0 Å². The molecule has 2 heterocycles. The lowest BCUT2D eigenvalue weighted by Gasteiger charge is -2.31. The Kier molecular flexibility index (Phi) is 8.18. The Morgan fingerprint density at radius 3 is 2.63 bits per heavy atom. The summed E-state index contributed by atoms with van der Waals surface area (Å²) in [6, 6.07) is 0. The van der Waals surface area contributed by atoms with Gasteiger partial charge in [-0.1, -0.05) is 0 Å². The summed E-state index contributed by atoms with van der Waals surface area (Å²) in [4.78, 5) is 42.8. The van der Waals surface area contributed by atoms with Crippen molar-refractivity contribution < 1.29 is 14.4 Å². The van der Waals surface area contributed by atoms with Crippen LogP contribution in [0.15, 0.2) is 0 Å². The van der Waals surface area contributed by atoms with Crippen molar-refractivity contribution in [3.63, 3.8) is 0 Å². The minimum atomic E-state index is -0.100. The van der Waals surface area contributed by atoms with E-state index < -0.39 is 0 Å². The Bertz CT molecular complexity index is 656. The average Bonchev–Trinajstić information content (AvgIpc) is 2.91. The molecule has 1 aliphatic rings. The third kappa shape index (κ3) is 7.26. The summed E-state index contributed by atoms with van der Waals surface area (Å²) >= 11 is 1.47. The van der Waals surface area contributed by atoms with Crippen LogP contribution in [0.25, 0.3) is 0 Å². The molecule has 27 heavy (non-hydrogen) atoms. The molecule has 1 aromatic heterocycles. The first kappa shape index (κ1) is 21.3. The highest BCUT2D eigenvalue weighted by molar-refractivity contribution is 7.15. The molecule has 1 aliphatic heterocycles. The third-order valence-electron chi connectivity index (χ3n) is 4.55. The lowest BCUT2D eigenvalue weighted by Crippen LogP contribution is -2.45. The lowest BCUT2D eigenvalue weighted by atomic mass is 9.97. The SMILES string of the molecule is CC(=O)NCCCNC(=O)C1CCCN(CC(=O)Nc2nc(C)c(C)s2)C1. The highest BCUT2D eigenvalue weighted by Gasteiger charge is 2.26. The van der Waals surface area contributed by atoms with Gasteiger partial charge >= 0.3 is 0 Å². The number of aromatic nitrogens is 1. The van der Waals surface area contributed by atoms with Crippen LogP contribution in [0.4, 0.5) is 5.13 Å². The number of likely N-dealkylation sites (tertiary alicyclic amines) is 1. The molecule has 0 aromatic carbocycles. The molecule has 1 aromatic rings. The number of thiazole rings is 1. The quantitative estimate of drug-likeness (QED) is 0.571. The van der Waals surface area contributed by atoms with E-state index in [9.17, 15) is 14.4 Å². The van der Waals surface area contributed by atoms with Crippen molar-refractivity contribution in [2.45, 2.75) is 40.0 Å². The molecule has 0 spiro atoms. The number of anilines is 1. The molecule has 0 radical (unpaired) electrons. The van der Waals surface area contributed by atoms with Gasteiger partial charge in [0.25, 0.3) is 0 Å². The predicted molar refractivity (Wildman–Crippen MR) is 106 cm³/mol. The Morgan fingerprint density at radius 2 is 1.96 bits per heavy atom. The Morgan fingerprint density at radius 1 is 1.22 bits per heavy atom. The molecule has 2 rings (SSSR count). The molecule has 150 valence electrons. The number of nitrogens with one attached hydrogen (secondary N) is 3. The van der Waals surface area contributed by atoms with Gasteiger partial charge in [-0.2, -0.15) is 0 Å². The number of nitrogens with zero attached hydrogens (tertiary/aromatic N) is 2. The first-order valence-electron chi connectivity index (χ1n) is 9.33. The van der Waals surface area contributed by atoms with Crippen LogP contribution in [-0.2, 0) is 14.4 Å². The van der Waals surface area contributed by atoms with Crippen molar-refractivity contribution in [1.82, 2.24) is 20.5 Å². The molecule has 1 atom stereocenters. The van der Waals surface area contributed by atoms with Crippen LogP contribution in [0, 0.1) is 19.8 Å². The van der Waals surface area contributed by atoms with E-state index in [1.807, 2.05) is 18.7 Å². The van der Waals surface area contributed by atoms with E-state index in [-0.39, 0.29) is 30.2 Å². The topological polar surface area (TPSA) is 103 Å². The van der Waals surface area contributed by atoms with E-state index in [1.54, 1.807) is 0 Å². The minimum Gasteiger partial charge on any atom is -0.356 e. The highest BCUT2D eigenvalue weighted by Crippen LogP contribution is 2.21. The van der Waals surface area contributed by atoms with Crippen molar-refractivity contribution in [3.8, 4) is 0 Å². The van der Waals surface area contributed by atoms with E-state index in [0.29, 0.717) is 31.2 Å². The van der Waals surface area contributed by atoms with Crippen LogP contribution in [0.1, 0.15) is 36.8 Å². The zero-order valence-electron chi connectivity index (χ0n) is 16.3. The average molecular weight is 396 g/mol. The molecule has 0 saturated carbocycles. The predicted octanol–water partition coefficient (Wildman–Crippen LogP) is 1.05. The highest BCUT2D eigenvalue weighted by atomic mass is 32.1. The van der Waals surface area contributed by atoms with Gasteiger partial charge in [0.05, 0.1) is 18.2 Å². The summed E-state index contributed by atoms with van der Waals surface area (Å²) < 4.78 is 0. The second kappa shape index (κ2) is 10.4. The van der Waals surface area contributed by atoms with Gasteiger partial charge < -0.3 is 16.0 Å². The largest absolute Gasteiger partial charge is 0.356 e. The third-order valence-corrected chi connectivity index (χ3v) is 5.53. The molecular weight excluding hydrogens is 366 g/mol. The minimum absolute atomic E-state index is 0.0223. The number of amides is 3. The molecule has 0 bridgehead atoms. The molecule has 8 nitrogen and oxygen atoms in total. The molecule has 9 heteroatoms. The summed E-state index contributed by atoms with van der Waals surface area (Å²) in [5.41, 5.74) is 0.934. The fraction of sp³-hybridized carbons (Fsp3) is 0.667. The summed E-state index contributed by atoms with van der Waals surface area (Å²) in [7, 11) is 0. The van der Waals surface area contributed by atoms with Crippen molar-refractivity contribution in [3.05, 3.63) is 10.6 Å². The van der Waals surface area contributed by atoms with Gasteiger partial charge in [-0.05, 0) is 39.7 Å². The Labute approximate surface area is 164 Å². The fourth-order valence-corrected chi connectivity index (χ4v) is 3.84. The van der Waals surface area contributed by atoms with Crippen molar-refractivity contribution in [2.75, 3.05) is 38.0 Å². The van der Waals surface area contributed by atoms with Gasteiger partial charge in [-0.3, -0.25) is 19.3 Å². The zero-order chi connectivity index (χ0) is 19.8. The van der Waals surface area contributed by atoms with Crippen LogP contribution < -0.4 is 16.0 Å². The molecular formula is C18H29N5O3S.